The molecule has 0 spiro atoms. The van der Waals surface area contributed by atoms with E-state index in [9.17, 15) is 13.6 Å². The van der Waals surface area contributed by atoms with Crippen LogP contribution in [0.5, 0.6) is 0 Å². The number of piperidine rings is 1. The number of halogens is 2. The first-order valence-corrected chi connectivity index (χ1v) is 7.88. The summed E-state index contributed by atoms with van der Waals surface area (Å²) >= 11 is 0. The largest absolute Gasteiger partial charge is 0.344 e. The molecule has 1 aromatic rings. The highest BCUT2D eigenvalue weighted by molar-refractivity contribution is 5.73. The molecule has 6 nitrogen and oxygen atoms in total. The van der Waals surface area contributed by atoms with Crippen LogP contribution in [0.2, 0.25) is 0 Å². The van der Waals surface area contributed by atoms with Crippen molar-refractivity contribution in [1.29, 1.82) is 0 Å². The number of nitrogens with zero attached hydrogens (tertiary/aromatic N) is 3. The number of carbonyl (C=O) groups is 1. The van der Waals surface area contributed by atoms with E-state index in [0.29, 0.717) is 37.1 Å². The molecule has 23 heavy (non-hydrogen) atoms. The van der Waals surface area contributed by atoms with E-state index in [-0.39, 0.29) is 12.5 Å². The number of likely N-dealkylation sites (tertiary alicyclic amines) is 1. The number of hydrogen-bond acceptors (Lipinski definition) is 5. The maximum absolute atomic E-state index is 12.4. The molecule has 0 radical (unpaired) electrons. The Morgan fingerprint density at radius 3 is 2.65 bits per heavy atom. The third-order valence-corrected chi connectivity index (χ3v) is 4.08. The van der Waals surface area contributed by atoms with Gasteiger partial charge in [-0.2, -0.15) is 4.98 Å². The Bertz CT molecular complexity index is 525. The maximum Gasteiger partial charge on any atom is 0.251 e. The van der Waals surface area contributed by atoms with Crippen molar-refractivity contribution >= 4 is 5.91 Å². The molecule has 0 saturated carbocycles. The predicted molar refractivity (Wildman–Crippen MR) is 80.0 cm³/mol. The first-order chi connectivity index (χ1) is 10.8. The van der Waals surface area contributed by atoms with Crippen molar-refractivity contribution in [3.63, 3.8) is 0 Å². The zero-order chi connectivity index (χ0) is 17.0. The van der Waals surface area contributed by atoms with Gasteiger partial charge in [0.05, 0.1) is 12.1 Å². The zero-order valence-electron chi connectivity index (χ0n) is 13.8. The molecule has 1 aliphatic rings. The van der Waals surface area contributed by atoms with E-state index in [1.54, 1.807) is 4.90 Å². The van der Waals surface area contributed by atoms with E-state index >= 15 is 0 Å². The highest BCUT2D eigenvalue weighted by atomic mass is 19.3. The molecule has 2 rings (SSSR count). The van der Waals surface area contributed by atoms with E-state index in [2.05, 4.69) is 15.5 Å². The predicted octanol–water partition coefficient (Wildman–Crippen LogP) is 1.96. The Kier molecular flexibility index (Phi) is 5.67. The number of aromatic nitrogens is 2. The highest BCUT2D eigenvalue weighted by Gasteiger charge is 2.29. The highest BCUT2D eigenvalue weighted by Crippen LogP contribution is 2.23. The van der Waals surface area contributed by atoms with Crippen LogP contribution in [0.15, 0.2) is 4.52 Å². The molecule has 0 bridgehead atoms. The third-order valence-electron chi connectivity index (χ3n) is 4.08. The van der Waals surface area contributed by atoms with Crippen molar-refractivity contribution in [3.8, 4) is 0 Å². The van der Waals surface area contributed by atoms with Crippen molar-refractivity contribution in [3.05, 3.63) is 11.7 Å². The lowest BCUT2D eigenvalue weighted by Crippen LogP contribution is -2.40. The van der Waals surface area contributed by atoms with E-state index in [1.165, 1.54) is 6.92 Å². The van der Waals surface area contributed by atoms with Gasteiger partial charge in [0.1, 0.15) is 0 Å². The van der Waals surface area contributed by atoms with Crippen LogP contribution in [0.3, 0.4) is 0 Å². The fourth-order valence-electron chi connectivity index (χ4n) is 2.90. The van der Waals surface area contributed by atoms with Gasteiger partial charge < -0.3 is 9.84 Å². The van der Waals surface area contributed by atoms with Gasteiger partial charge in [0.2, 0.25) is 11.8 Å². The smallest absolute Gasteiger partial charge is 0.251 e. The standard InChI is InChI=1S/C15H24F2N4O2/c1-10(22)19-15(2,3)14-18-13(23-20-14)8-11-4-6-21(7-5-11)9-12(16)17/h11-12H,4-9H2,1-3H3,(H,19,22). The van der Waals surface area contributed by atoms with Crippen molar-refractivity contribution in [2.75, 3.05) is 19.6 Å². The molecule has 0 aliphatic carbocycles. The number of nitrogens with one attached hydrogen (secondary N) is 1. The Balaban J connectivity index is 1.87. The fourth-order valence-corrected chi connectivity index (χ4v) is 2.90. The lowest BCUT2D eigenvalue weighted by molar-refractivity contribution is -0.120. The minimum Gasteiger partial charge on any atom is -0.344 e. The van der Waals surface area contributed by atoms with Crippen molar-refractivity contribution in [1.82, 2.24) is 20.4 Å². The Morgan fingerprint density at radius 2 is 2.09 bits per heavy atom. The van der Waals surface area contributed by atoms with Gasteiger partial charge in [-0.3, -0.25) is 9.69 Å². The van der Waals surface area contributed by atoms with Gasteiger partial charge in [0, 0.05) is 13.3 Å². The Morgan fingerprint density at radius 1 is 1.43 bits per heavy atom. The summed E-state index contributed by atoms with van der Waals surface area (Å²) in [5, 5.41) is 6.73. The molecular formula is C15H24F2N4O2. The summed E-state index contributed by atoms with van der Waals surface area (Å²) in [7, 11) is 0. The van der Waals surface area contributed by atoms with E-state index < -0.39 is 12.0 Å². The normalized spacial score (nSPS) is 17.7. The van der Waals surface area contributed by atoms with E-state index in [1.807, 2.05) is 13.8 Å². The van der Waals surface area contributed by atoms with Gasteiger partial charge in [-0.1, -0.05) is 5.16 Å². The van der Waals surface area contributed by atoms with Crippen molar-refractivity contribution in [2.45, 2.75) is 52.0 Å². The van der Waals surface area contributed by atoms with Gasteiger partial charge in [-0.15, -0.1) is 0 Å². The second kappa shape index (κ2) is 7.33. The van der Waals surface area contributed by atoms with E-state index in [0.717, 1.165) is 12.8 Å². The topological polar surface area (TPSA) is 71.3 Å². The summed E-state index contributed by atoms with van der Waals surface area (Å²) in [5.41, 5.74) is -0.686. The van der Waals surface area contributed by atoms with E-state index in [4.69, 9.17) is 4.52 Å². The van der Waals surface area contributed by atoms with Crippen LogP contribution < -0.4 is 5.32 Å². The minimum atomic E-state index is -2.28. The molecule has 1 aromatic heterocycles. The summed E-state index contributed by atoms with van der Waals surface area (Å²) in [4.78, 5) is 17.4. The summed E-state index contributed by atoms with van der Waals surface area (Å²) in [6.45, 7) is 6.26. The Hall–Kier alpha value is -1.57. The van der Waals surface area contributed by atoms with Gasteiger partial charge in [0.15, 0.2) is 5.82 Å². The van der Waals surface area contributed by atoms with Crippen LogP contribution in [0.1, 0.15) is 45.3 Å². The van der Waals surface area contributed by atoms with Gasteiger partial charge >= 0.3 is 0 Å². The van der Waals surface area contributed by atoms with Gasteiger partial charge in [-0.05, 0) is 45.7 Å². The molecule has 1 amide bonds. The summed E-state index contributed by atoms with van der Waals surface area (Å²) < 4.78 is 30.0. The lowest BCUT2D eigenvalue weighted by Gasteiger charge is -2.30. The quantitative estimate of drug-likeness (QED) is 0.863. The molecule has 1 fully saturated rings. The van der Waals surface area contributed by atoms with Crippen LogP contribution in [-0.2, 0) is 16.8 Å². The molecule has 1 N–H and O–H groups in total. The monoisotopic (exact) mass is 330 g/mol. The van der Waals surface area contributed by atoms with Gasteiger partial charge in [0.25, 0.3) is 6.43 Å². The zero-order valence-corrected chi connectivity index (χ0v) is 13.8. The third kappa shape index (κ3) is 5.23. The molecule has 8 heteroatoms. The SMILES string of the molecule is CC(=O)NC(C)(C)c1noc(CC2CCN(CC(F)F)CC2)n1. The molecule has 0 atom stereocenters. The first kappa shape index (κ1) is 17.8. The molecule has 1 saturated heterocycles. The first-order valence-electron chi connectivity index (χ1n) is 7.88. The average Bonchev–Trinajstić information content (AvgIpc) is 2.88. The van der Waals surface area contributed by atoms with Gasteiger partial charge in [-0.25, -0.2) is 8.78 Å². The fraction of sp³-hybridized carbons (Fsp3) is 0.800. The maximum atomic E-state index is 12.4. The molecule has 0 unspecified atom stereocenters. The molecular weight excluding hydrogens is 306 g/mol. The van der Waals surface area contributed by atoms with Crippen LogP contribution in [0, 0.1) is 5.92 Å². The van der Waals surface area contributed by atoms with Crippen LogP contribution in [0.25, 0.3) is 0 Å². The molecule has 0 aromatic carbocycles. The molecule has 1 aliphatic heterocycles. The molecule has 130 valence electrons. The Labute approximate surface area is 134 Å². The average molecular weight is 330 g/mol. The number of amides is 1. The second-order valence-electron chi connectivity index (χ2n) is 6.66. The van der Waals surface area contributed by atoms with Crippen molar-refractivity contribution in [2.24, 2.45) is 5.92 Å². The number of alkyl halides is 2. The second-order valence-corrected chi connectivity index (χ2v) is 6.66. The summed E-state index contributed by atoms with van der Waals surface area (Å²) in [6.07, 6.45) is 0.0612. The minimum absolute atomic E-state index is 0.150. The number of hydrogen-bond donors (Lipinski definition) is 1. The summed E-state index contributed by atoms with van der Waals surface area (Å²) in [5.74, 6) is 1.18. The van der Waals surface area contributed by atoms with Crippen molar-refractivity contribution < 1.29 is 18.1 Å². The molecule has 2 heterocycles. The number of carbonyl (C=O) groups excluding carboxylic acids is 1. The van der Waals surface area contributed by atoms with Crippen LogP contribution >= 0.6 is 0 Å². The van der Waals surface area contributed by atoms with Crippen LogP contribution in [-0.4, -0.2) is 47.0 Å². The van der Waals surface area contributed by atoms with Crippen LogP contribution in [0.4, 0.5) is 8.78 Å². The summed E-state index contributed by atoms with van der Waals surface area (Å²) in [6, 6.07) is 0. The number of rotatable bonds is 6. The lowest BCUT2D eigenvalue weighted by atomic mass is 9.93.